The summed E-state index contributed by atoms with van der Waals surface area (Å²) in [6.07, 6.45) is 0.344. The number of ether oxygens (including phenoxy) is 2. The molecule has 0 heterocycles. The van der Waals surface area contributed by atoms with E-state index in [2.05, 4.69) is 5.32 Å². The van der Waals surface area contributed by atoms with E-state index in [1.54, 1.807) is 14.2 Å². The van der Waals surface area contributed by atoms with Crippen molar-refractivity contribution in [2.75, 3.05) is 14.2 Å². The number of methoxy groups -OCH3 is 2. The average molecular weight is 383 g/mol. The molecule has 2 aromatic rings. The van der Waals surface area contributed by atoms with Crippen molar-refractivity contribution in [1.82, 2.24) is 5.32 Å². The average Bonchev–Trinajstić information content (AvgIpc) is 2.67. The van der Waals surface area contributed by atoms with E-state index >= 15 is 0 Å². The molecule has 0 spiro atoms. The van der Waals surface area contributed by atoms with Crippen LogP contribution in [0.1, 0.15) is 58.4 Å². The van der Waals surface area contributed by atoms with Crippen LogP contribution < -0.4 is 14.8 Å². The molecule has 0 bridgehead atoms. The molecule has 28 heavy (non-hydrogen) atoms. The van der Waals surface area contributed by atoms with Crippen LogP contribution in [0.4, 0.5) is 0 Å². The summed E-state index contributed by atoms with van der Waals surface area (Å²) in [6, 6.07) is 9.35. The van der Waals surface area contributed by atoms with Crippen molar-refractivity contribution < 1.29 is 19.1 Å². The predicted octanol–water partition coefficient (Wildman–Crippen LogP) is 4.47. The third-order valence-electron chi connectivity index (χ3n) is 4.89. The van der Waals surface area contributed by atoms with E-state index in [9.17, 15) is 9.59 Å². The second-order valence-electron chi connectivity index (χ2n) is 7.09. The molecule has 0 saturated carbocycles. The quantitative estimate of drug-likeness (QED) is 0.683. The SMILES string of the molecule is COc1cc(C)c(C(C)NC(=O)CCC(=O)c2cc(C)ccc2C)cc1OC. The van der Waals surface area contributed by atoms with Crippen LogP contribution in [0, 0.1) is 20.8 Å². The number of hydrogen-bond acceptors (Lipinski definition) is 4. The van der Waals surface area contributed by atoms with Gasteiger partial charge < -0.3 is 14.8 Å². The Morgan fingerprint density at radius 1 is 0.929 bits per heavy atom. The highest BCUT2D eigenvalue weighted by atomic mass is 16.5. The molecule has 1 unspecified atom stereocenters. The molecule has 2 aromatic carbocycles. The standard InChI is InChI=1S/C23H29NO4/c1-14-7-8-15(2)19(11-14)20(25)9-10-23(26)24-17(4)18-13-22(28-6)21(27-5)12-16(18)3/h7-8,11-13,17H,9-10H2,1-6H3,(H,24,26). The fourth-order valence-corrected chi connectivity index (χ4v) is 3.25. The van der Waals surface area contributed by atoms with Gasteiger partial charge in [0.2, 0.25) is 5.91 Å². The van der Waals surface area contributed by atoms with Gasteiger partial charge in [-0.25, -0.2) is 0 Å². The van der Waals surface area contributed by atoms with Crippen LogP contribution in [0.15, 0.2) is 30.3 Å². The van der Waals surface area contributed by atoms with Crippen molar-refractivity contribution in [2.45, 2.75) is 46.6 Å². The zero-order valence-corrected chi connectivity index (χ0v) is 17.5. The molecule has 0 aliphatic rings. The molecule has 0 radical (unpaired) electrons. The van der Waals surface area contributed by atoms with Crippen LogP contribution >= 0.6 is 0 Å². The lowest BCUT2D eigenvalue weighted by Crippen LogP contribution is -2.27. The lowest BCUT2D eigenvalue weighted by molar-refractivity contribution is -0.121. The van der Waals surface area contributed by atoms with Gasteiger partial charge in [-0.15, -0.1) is 0 Å². The number of Topliss-reactive ketones (excluding diaryl/α,β-unsaturated/α-hetero) is 1. The molecule has 5 nitrogen and oxygen atoms in total. The number of hydrogen-bond donors (Lipinski definition) is 1. The Morgan fingerprint density at radius 3 is 2.21 bits per heavy atom. The monoisotopic (exact) mass is 383 g/mol. The van der Waals surface area contributed by atoms with Gasteiger partial charge in [0, 0.05) is 18.4 Å². The molecule has 0 aromatic heterocycles. The summed E-state index contributed by atoms with van der Waals surface area (Å²) in [5.74, 6) is 1.11. The first kappa shape index (κ1) is 21.5. The van der Waals surface area contributed by atoms with Crippen molar-refractivity contribution in [1.29, 1.82) is 0 Å². The fraction of sp³-hybridized carbons (Fsp3) is 0.391. The Bertz CT molecular complexity index is 873. The van der Waals surface area contributed by atoms with Crippen LogP contribution in [0.25, 0.3) is 0 Å². The van der Waals surface area contributed by atoms with Crippen molar-refractivity contribution >= 4 is 11.7 Å². The molecule has 2 rings (SSSR count). The number of carbonyl (C=O) groups excluding carboxylic acids is 2. The van der Waals surface area contributed by atoms with E-state index in [0.717, 1.165) is 22.3 Å². The summed E-state index contributed by atoms with van der Waals surface area (Å²) < 4.78 is 10.7. The van der Waals surface area contributed by atoms with Crippen LogP contribution in [0.3, 0.4) is 0 Å². The van der Waals surface area contributed by atoms with Crippen LogP contribution in [0.5, 0.6) is 11.5 Å². The number of amides is 1. The van der Waals surface area contributed by atoms with Crippen LogP contribution in [-0.4, -0.2) is 25.9 Å². The van der Waals surface area contributed by atoms with Crippen LogP contribution in [0.2, 0.25) is 0 Å². The van der Waals surface area contributed by atoms with E-state index in [1.165, 1.54) is 0 Å². The van der Waals surface area contributed by atoms with Gasteiger partial charge in [-0.05, 0) is 62.6 Å². The Kier molecular flexibility index (Phi) is 7.21. The summed E-state index contributed by atoms with van der Waals surface area (Å²) >= 11 is 0. The summed E-state index contributed by atoms with van der Waals surface area (Å²) in [5, 5.41) is 2.97. The maximum absolute atomic E-state index is 12.5. The number of carbonyl (C=O) groups is 2. The first-order valence-electron chi connectivity index (χ1n) is 9.39. The highest BCUT2D eigenvalue weighted by Gasteiger charge is 2.17. The highest BCUT2D eigenvalue weighted by Crippen LogP contribution is 2.32. The molecule has 1 N–H and O–H groups in total. The van der Waals surface area contributed by atoms with Crippen molar-refractivity contribution in [3.8, 4) is 11.5 Å². The van der Waals surface area contributed by atoms with Gasteiger partial charge in [0.05, 0.1) is 20.3 Å². The van der Waals surface area contributed by atoms with Gasteiger partial charge >= 0.3 is 0 Å². The van der Waals surface area contributed by atoms with Gasteiger partial charge in [-0.2, -0.15) is 0 Å². The Balaban J connectivity index is 2.01. The van der Waals surface area contributed by atoms with Gasteiger partial charge in [-0.3, -0.25) is 9.59 Å². The Labute approximate surface area is 167 Å². The normalized spacial score (nSPS) is 11.6. The number of aryl methyl sites for hydroxylation is 3. The molecular weight excluding hydrogens is 354 g/mol. The molecule has 5 heteroatoms. The molecule has 0 fully saturated rings. The minimum Gasteiger partial charge on any atom is -0.493 e. The number of benzene rings is 2. The zero-order chi connectivity index (χ0) is 20.8. The number of nitrogens with one attached hydrogen (secondary N) is 1. The summed E-state index contributed by atoms with van der Waals surface area (Å²) in [4.78, 5) is 24.9. The summed E-state index contributed by atoms with van der Waals surface area (Å²) in [6.45, 7) is 7.74. The van der Waals surface area contributed by atoms with Crippen LogP contribution in [-0.2, 0) is 4.79 Å². The Hall–Kier alpha value is -2.82. The van der Waals surface area contributed by atoms with E-state index in [1.807, 2.05) is 58.0 Å². The van der Waals surface area contributed by atoms with Gasteiger partial charge in [0.1, 0.15) is 0 Å². The predicted molar refractivity (Wildman–Crippen MR) is 110 cm³/mol. The smallest absolute Gasteiger partial charge is 0.220 e. The van der Waals surface area contributed by atoms with Crippen molar-refractivity contribution in [2.24, 2.45) is 0 Å². The van der Waals surface area contributed by atoms with Gasteiger partial charge in [-0.1, -0.05) is 17.7 Å². The van der Waals surface area contributed by atoms with E-state index in [-0.39, 0.29) is 30.6 Å². The summed E-state index contributed by atoms with van der Waals surface area (Å²) in [5.41, 5.74) is 4.61. The molecule has 0 aliphatic carbocycles. The maximum atomic E-state index is 12.5. The minimum atomic E-state index is -0.205. The summed E-state index contributed by atoms with van der Waals surface area (Å²) in [7, 11) is 3.17. The Morgan fingerprint density at radius 2 is 1.57 bits per heavy atom. The minimum absolute atomic E-state index is 0.00806. The zero-order valence-electron chi connectivity index (χ0n) is 17.5. The molecule has 1 atom stereocenters. The van der Waals surface area contributed by atoms with E-state index in [4.69, 9.17) is 9.47 Å². The number of ketones is 1. The third kappa shape index (κ3) is 5.12. The van der Waals surface area contributed by atoms with Gasteiger partial charge in [0.15, 0.2) is 17.3 Å². The largest absolute Gasteiger partial charge is 0.493 e. The molecule has 150 valence electrons. The molecule has 1 amide bonds. The van der Waals surface area contributed by atoms with Crippen molar-refractivity contribution in [3.63, 3.8) is 0 Å². The second kappa shape index (κ2) is 9.40. The van der Waals surface area contributed by atoms with E-state index in [0.29, 0.717) is 17.1 Å². The molecule has 0 saturated heterocycles. The number of rotatable bonds is 8. The van der Waals surface area contributed by atoms with Crippen molar-refractivity contribution in [3.05, 3.63) is 58.1 Å². The molecular formula is C23H29NO4. The first-order chi connectivity index (χ1) is 13.3. The fourth-order valence-electron chi connectivity index (χ4n) is 3.25. The first-order valence-corrected chi connectivity index (χ1v) is 9.39. The lowest BCUT2D eigenvalue weighted by atomic mass is 9.98. The lowest BCUT2D eigenvalue weighted by Gasteiger charge is -2.19. The van der Waals surface area contributed by atoms with Gasteiger partial charge in [0.25, 0.3) is 0 Å². The molecule has 0 aliphatic heterocycles. The third-order valence-corrected chi connectivity index (χ3v) is 4.89. The maximum Gasteiger partial charge on any atom is 0.220 e. The van der Waals surface area contributed by atoms with E-state index < -0.39 is 0 Å². The highest BCUT2D eigenvalue weighted by molar-refractivity contribution is 5.99. The second-order valence-corrected chi connectivity index (χ2v) is 7.09. The topological polar surface area (TPSA) is 64.6 Å².